The molecule has 1 aromatic heterocycles. The highest BCUT2D eigenvalue weighted by Crippen LogP contribution is 2.31. The zero-order chi connectivity index (χ0) is 15.5. The number of rotatable bonds is 5. The first-order chi connectivity index (χ1) is 9.98. The summed E-state index contributed by atoms with van der Waals surface area (Å²) in [4.78, 5) is 4.05. The minimum atomic E-state index is -3.51. The van der Waals surface area contributed by atoms with Crippen molar-refractivity contribution in [3.63, 3.8) is 0 Å². The number of sulfonamides is 1. The first-order valence-corrected chi connectivity index (χ1v) is 9.45. The molecule has 1 aromatic rings. The zero-order valence-electron chi connectivity index (χ0n) is 12.6. The van der Waals surface area contributed by atoms with E-state index in [9.17, 15) is 8.42 Å². The molecule has 4 nitrogen and oxygen atoms in total. The van der Waals surface area contributed by atoms with E-state index in [1.165, 1.54) is 16.9 Å². The Bertz CT molecular complexity index is 552. The van der Waals surface area contributed by atoms with Gasteiger partial charge in [-0.1, -0.05) is 19.4 Å². The van der Waals surface area contributed by atoms with Gasteiger partial charge >= 0.3 is 0 Å². The quantitative estimate of drug-likeness (QED) is 0.777. The maximum absolute atomic E-state index is 12.6. The van der Waals surface area contributed by atoms with E-state index in [1.807, 2.05) is 0 Å². The van der Waals surface area contributed by atoms with Crippen molar-refractivity contribution in [1.82, 2.24) is 9.29 Å². The Balaban J connectivity index is 2.11. The van der Waals surface area contributed by atoms with Crippen LogP contribution in [0.1, 0.15) is 44.6 Å². The maximum atomic E-state index is 12.6. The minimum Gasteiger partial charge on any atom is -0.243 e. The van der Waals surface area contributed by atoms with E-state index >= 15 is 0 Å². The summed E-state index contributed by atoms with van der Waals surface area (Å²) in [6, 6.07) is 3.35. The highest BCUT2D eigenvalue weighted by atomic mass is 35.5. The molecule has 0 aromatic carbocycles. The molecule has 0 saturated heterocycles. The molecule has 1 aliphatic rings. The van der Waals surface area contributed by atoms with Crippen LogP contribution in [0.25, 0.3) is 0 Å². The van der Waals surface area contributed by atoms with Crippen LogP contribution in [0.4, 0.5) is 0 Å². The van der Waals surface area contributed by atoms with Crippen LogP contribution in [-0.4, -0.2) is 30.8 Å². The number of pyridine rings is 1. The van der Waals surface area contributed by atoms with Crippen molar-refractivity contribution in [2.45, 2.75) is 56.0 Å². The lowest BCUT2D eigenvalue weighted by atomic mass is 9.85. The molecular formula is C15H23ClN2O2S. The van der Waals surface area contributed by atoms with E-state index < -0.39 is 10.0 Å². The third-order valence-corrected chi connectivity index (χ3v) is 6.64. The minimum absolute atomic E-state index is 0.0901. The van der Waals surface area contributed by atoms with Gasteiger partial charge in [0.1, 0.15) is 0 Å². The summed E-state index contributed by atoms with van der Waals surface area (Å²) < 4.78 is 26.7. The third-order valence-electron chi connectivity index (χ3n) is 4.50. The summed E-state index contributed by atoms with van der Waals surface area (Å²) in [5.74, 6) is 1.09. The van der Waals surface area contributed by atoms with E-state index in [2.05, 4.69) is 11.9 Å². The topological polar surface area (TPSA) is 50.3 Å². The van der Waals surface area contributed by atoms with Crippen molar-refractivity contribution in [2.75, 3.05) is 7.05 Å². The Morgan fingerprint density at radius 1 is 1.29 bits per heavy atom. The summed E-state index contributed by atoms with van der Waals surface area (Å²) in [5, 5.41) is 0.108. The second-order valence-corrected chi connectivity index (χ2v) is 7.95. The molecule has 0 aliphatic heterocycles. The van der Waals surface area contributed by atoms with Crippen LogP contribution in [0.5, 0.6) is 0 Å². The van der Waals surface area contributed by atoms with Crippen molar-refractivity contribution in [1.29, 1.82) is 0 Å². The fraction of sp³-hybridized carbons (Fsp3) is 0.667. The molecule has 21 heavy (non-hydrogen) atoms. The Morgan fingerprint density at radius 2 is 1.95 bits per heavy atom. The van der Waals surface area contributed by atoms with Gasteiger partial charge in [0.15, 0.2) is 5.03 Å². The van der Waals surface area contributed by atoms with Crippen LogP contribution in [0.3, 0.4) is 0 Å². The molecular weight excluding hydrogens is 308 g/mol. The van der Waals surface area contributed by atoms with E-state index in [4.69, 9.17) is 11.6 Å². The van der Waals surface area contributed by atoms with Gasteiger partial charge in [0.2, 0.25) is 0 Å². The second-order valence-electron chi connectivity index (χ2n) is 5.74. The van der Waals surface area contributed by atoms with Crippen molar-refractivity contribution >= 4 is 21.6 Å². The van der Waals surface area contributed by atoms with E-state index in [1.54, 1.807) is 19.2 Å². The summed E-state index contributed by atoms with van der Waals surface area (Å²) in [7, 11) is -1.84. The molecule has 6 heteroatoms. The lowest BCUT2D eigenvalue weighted by Gasteiger charge is -2.33. The van der Waals surface area contributed by atoms with Crippen molar-refractivity contribution < 1.29 is 8.42 Å². The number of hydrogen-bond acceptors (Lipinski definition) is 3. The van der Waals surface area contributed by atoms with Crippen molar-refractivity contribution in [3.8, 4) is 0 Å². The van der Waals surface area contributed by atoms with Gasteiger partial charge in [0, 0.05) is 25.2 Å². The number of halogens is 1. The molecule has 1 heterocycles. The van der Waals surface area contributed by atoms with Crippen LogP contribution < -0.4 is 0 Å². The molecule has 2 rings (SSSR count). The van der Waals surface area contributed by atoms with Crippen LogP contribution in [0, 0.1) is 5.92 Å². The number of alkyl halides is 1. The van der Waals surface area contributed by atoms with Gasteiger partial charge < -0.3 is 0 Å². The highest BCUT2D eigenvalue weighted by Gasteiger charge is 2.31. The molecule has 1 aliphatic carbocycles. The normalized spacial score (nSPS) is 23.4. The standard InChI is InChI=1S/C15H23ClN2O2S/c1-3-12-4-7-14(8-5-12)18(2)21(19,20)15-9-6-13(10-16)11-17-15/h6,9,11-12,14H,3-5,7-8,10H2,1-2H3. The number of hydrogen-bond donors (Lipinski definition) is 0. The smallest absolute Gasteiger partial charge is 0.243 e. The van der Waals surface area contributed by atoms with Crippen LogP contribution in [-0.2, 0) is 15.9 Å². The molecule has 1 saturated carbocycles. The summed E-state index contributed by atoms with van der Waals surface area (Å²) in [6.07, 6.45) is 6.81. The van der Waals surface area contributed by atoms with Gasteiger partial charge in [-0.15, -0.1) is 11.6 Å². The van der Waals surface area contributed by atoms with Crippen LogP contribution in [0.2, 0.25) is 0 Å². The molecule has 0 amide bonds. The first-order valence-electron chi connectivity index (χ1n) is 7.48. The van der Waals surface area contributed by atoms with Gasteiger partial charge in [0.05, 0.1) is 0 Å². The molecule has 1 fully saturated rings. The van der Waals surface area contributed by atoms with Crippen molar-refractivity contribution in [3.05, 3.63) is 23.9 Å². The highest BCUT2D eigenvalue weighted by molar-refractivity contribution is 7.89. The number of nitrogens with zero attached hydrogens (tertiary/aromatic N) is 2. The van der Waals surface area contributed by atoms with E-state index in [0.29, 0.717) is 5.88 Å². The van der Waals surface area contributed by atoms with Gasteiger partial charge in [-0.3, -0.25) is 0 Å². The Hall–Kier alpha value is -0.650. The zero-order valence-corrected chi connectivity index (χ0v) is 14.2. The molecule has 0 unspecified atom stereocenters. The summed E-state index contributed by atoms with van der Waals surface area (Å²) in [6.45, 7) is 2.20. The molecule has 0 radical (unpaired) electrons. The van der Waals surface area contributed by atoms with Crippen molar-refractivity contribution in [2.24, 2.45) is 5.92 Å². The molecule has 0 atom stereocenters. The number of aromatic nitrogens is 1. The SMILES string of the molecule is CCC1CCC(N(C)S(=O)(=O)c2ccc(CCl)cn2)CC1. The van der Waals surface area contributed by atoms with E-state index in [0.717, 1.165) is 37.2 Å². The largest absolute Gasteiger partial charge is 0.260 e. The maximum Gasteiger partial charge on any atom is 0.260 e. The van der Waals surface area contributed by atoms with Crippen LogP contribution in [0.15, 0.2) is 23.4 Å². The molecule has 0 bridgehead atoms. The third kappa shape index (κ3) is 3.76. The average Bonchev–Trinajstić information content (AvgIpc) is 2.54. The second kappa shape index (κ2) is 7.07. The lowest BCUT2D eigenvalue weighted by molar-refractivity contribution is 0.232. The molecule has 0 spiro atoms. The Kier molecular flexibility index (Phi) is 5.63. The average molecular weight is 331 g/mol. The Morgan fingerprint density at radius 3 is 2.43 bits per heavy atom. The van der Waals surface area contributed by atoms with Gasteiger partial charge in [-0.25, -0.2) is 13.4 Å². The predicted octanol–water partition coefficient (Wildman–Crippen LogP) is 3.41. The molecule has 0 N–H and O–H groups in total. The summed E-state index contributed by atoms with van der Waals surface area (Å²) >= 11 is 5.71. The first kappa shape index (κ1) is 16.7. The fourth-order valence-corrected chi connectivity index (χ4v) is 4.39. The monoisotopic (exact) mass is 330 g/mol. The van der Waals surface area contributed by atoms with Gasteiger partial charge in [0.25, 0.3) is 10.0 Å². The van der Waals surface area contributed by atoms with Crippen LogP contribution >= 0.6 is 11.6 Å². The summed E-state index contributed by atoms with van der Waals surface area (Å²) in [5.41, 5.74) is 0.821. The van der Waals surface area contributed by atoms with Gasteiger partial charge in [-0.2, -0.15) is 4.31 Å². The molecule has 118 valence electrons. The van der Waals surface area contributed by atoms with Gasteiger partial charge in [-0.05, 0) is 43.2 Å². The lowest BCUT2D eigenvalue weighted by Crippen LogP contribution is -2.39. The fourth-order valence-electron chi connectivity index (χ4n) is 2.90. The van der Waals surface area contributed by atoms with E-state index in [-0.39, 0.29) is 11.1 Å². The Labute approximate surface area is 132 Å². The predicted molar refractivity (Wildman–Crippen MR) is 84.8 cm³/mol.